The number of aromatic nitrogens is 1. The lowest BCUT2D eigenvalue weighted by molar-refractivity contribution is -0.132. The summed E-state index contributed by atoms with van der Waals surface area (Å²) in [6.07, 6.45) is 6.22. The summed E-state index contributed by atoms with van der Waals surface area (Å²) in [5.41, 5.74) is 2.18. The molecule has 0 bridgehead atoms. The van der Waals surface area contributed by atoms with Gasteiger partial charge in [-0.1, -0.05) is 24.3 Å². The van der Waals surface area contributed by atoms with E-state index >= 15 is 0 Å². The monoisotopic (exact) mass is 407 g/mol. The van der Waals surface area contributed by atoms with Gasteiger partial charge in [0.1, 0.15) is 0 Å². The zero-order valence-electron chi connectivity index (χ0n) is 18.0. The highest BCUT2D eigenvalue weighted by Gasteiger charge is 2.29. The van der Waals surface area contributed by atoms with E-state index in [9.17, 15) is 4.79 Å². The van der Waals surface area contributed by atoms with E-state index in [1.165, 1.54) is 19.4 Å². The number of piperazine rings is 1. The zero-order valence-corrected chi connectivity index (χ0v) is 18.0. The molecule has 0 saturated carbocycles. The molecule has 0 aliphatic carbocycles. The van der Waals surface area contributed by atoms with Crippen LogP contribution in [-0.2, 0) is 11.3 Å². The van der Waals surface area contributed by atoms with Crippen LogP contribution >= 0.6 is 0 Å². The Labute approximate surface area is 180 Å². The molecule has 1 amide bonds. The standard InChI is InChI=1S/C24H33N5O/c1-26-12-6-10-23(19-26)27-13-15-28(16-14-27)24(30)20-29(22-8-3-2-4-9-22)18-21-7-5-11-25-17-21/h2-5,7-9,11,17,23H,6,10,12-16,18-20H2,1H3. The Hall–Kier alpha value is -2.44. The van der Waals surface area contributed by atoms with Crippen molar-refractivity contribution < 1.29 is 4.79 Å². The van der Waals surface area contributed by atoms with Crippen LogP contribution in [0.1, 0.15) is 18.4 Å². The number of nitrogens with zero attached hydrogens (tertiary/aromatic N) is 5. The van der Waals surface area contributed by atoms with Crippen LogP contribution in [0.15, 0.2) is 54.9 Å². The molecule has 6 nitrogen and oxygen atoms in total. The molecule has 2 aliphatic rings. The lowest BCUT2D eigenvalue weighted by Crippen LogP contribution is -2.56. The molecular formula is C24H33N5O. The van der Waals surface area contributed by atoms with Crippen molar-refractivity contribution in [1.29, 1.82) is 0 Å². The molecule has 0 spiro atoms. The molecule has 0 radical (unpaired) electrons. The summed E-state index contributed by atoms with van der Waals surface area (Å²) in [6.45, 7) is 7.06. The number of pyridine rings is 1. The topological polar surface area (TPSA) is 42.9 Å². The molecule has 30 heavy (non-hydrogen) atoms. The van der Waals surface area contributed by atoms with E-state index in [1.807, 2.05) is 35.4 Å². The fraction of sp³-hybridized carbons (Fsp3) is 0.500. The van der Waals surface area contributed by atoms with Gasteiger partial charge in [0, 0.05) is 63.4 Å². The highest BCUT2D eigenvalue weighted by molar-refractivity contribution is 5.81. The predicted octanol–water partition coefficient (Wildman–Crippen LogP) is 2.33. The SMILES string of the molecule is CN1CCCC(N2CCN(C(=O)CN(Cc3cccnc3)c3ccccc3)CC2)C1. The summed E-state index contributed by atoms with van der Waals surface area (Å²) in [5.74, 6) is 0.211. The Morgan fingerprint density at radius 3 is 2.57 bits per heavy atom. The van der Waals surface area contributed by atoms with Crippen LogP contribution in [0.25, 0.3) is 0 Å². The van der Waals surface area contributed by atoms with Gasteiger partial charge in [0.2, 0.25) is 5.91 Å². The summed E-state index contributed by atoms with van der Waals surface area (Å²) >= 11 is 0. The highest BCUT2D eigenvalue weighted by atomic mass is 16.2. The van der Waals surface area contributed by atoms with Crippen molar-refractivity contribution in [3.63, 3.8) is 0 Å². The number of likely N-dealkylation sites (tertiary alicyclic amines) is 1. The summed E-state index contributed by atoms with van der Waals surface area (Å²) in [5, 5.41) is 0. The first-order valence-corrected chi connectivity index (χ1v) is 11.1. The maximum Gasteiger partial charge on any atom is 0.242 e. The number of piperidine rings is 1. The number of para-hydroxylation sites is 1. The van der Waals surface area contributed by atoms with Crippen molar-refractivity contribution in [3.8, 4) is 0 Å². The number of amides is 1. The fourth-order valence-electron chi connectivity index (χ4n) is 4.63. The molecule has 1 aromatic heterocycles. The third-order valence-corrected chi connectivity index (χ3v) is 6.33. The Morgan fingerprint density at radius 2 is 1.87 bits per heavy atom. The lowest BCUT2D eigenvalue weighted by atomic mass is 10.0. The van der Waals surface area contributed by atoms with E-state index in [-0.39, 0.29) is 5.91 Å². The number of carbonyl (C=O) groups is 1. The van der Waals surface area contributed by atoms with Gasteiger partial charge >= 0.3 is 0 Å². The summed E-state index contributed by atoms with van der Waals surface area (Å²) < 4.78 is 0. The lowest BCUT2D eigenvalue weighted by Gasteiger charge is -2.43. The van der Waals surface area contributed by atoms with E-state index in [2.05, 4.69) is 44.9 Å². The minimum absolute atomic E-state index is 0.211. The Balaban J connectivity index is 1.36. The average Bonchev–Trinajstić information content (AvgIpc) is 2.80. The van der Waals surface area contributed by atoms with Gasteiger partial charge in [-0.2, -0.15) is 0 Å². The summed E-state index contributed by atoms with van der Waals surface area (Å²) in [4.78, 5) is 26.6. The van der Waals surface area contributed by atoms with Gasteiger partial charge in [-0.15, -0.1) is 0 Å². The maximum absolute atomic E-state index is 13.1. The minimum Gasteiger partial charge on any atom is -0.358 e. The van der Waals surface area contributed by atoms with Crippen LogP contribution in [-0.4, -0.2) is 84.5 Å². The van der Waals surface area contributed by atoms with Gasteiger partial charge in [0.25, 0.3) is 0 Å². The van der Waals surface area contributed by atoms with E-state index in [1.54, 1.807) is 6.20 Å². The molecule has 6 heteroatoms. The molecule has 2 aromatic rings. The van der Waals surface area contributed by atoms with E-state index < -0.39 is 0 Å². The number of carbonyl (C=O) groups excluding carboxylic acids is 1. The van der Waals surface area contributed by atoms with Gasteiger partial charge in [-0.25, -0.2) is 0 Å². The number of hydrogen-bond donors (Lipinski definition) is 0. The van der Waals surface area contributed by atoms with Gasteiger partial charge < -0.3 is 14.7 Å². The second-order valence-corrected chi connectivity index (χ2v) is 8.53. The first-order chi connectivity index (χ1) is 14.7. The Bertz CT molecular complexity index is 792. The third kappa shape index (κ3) is 5.37. The zero-order chi connectivity index (χ0) is 20.8. The number of rotatable bonds is 6. The van der Waals surface area contributed by atoms with Crippen molar-refractivity contribution in [1.82, 2.24) is 19.7 Å². The molecule has 4 rings (SSSR count). The molecule has 1 atom stereocenters. The summed E-state index contributed by atoms with van der Waals surface area (Å²) in [7, 11) is 2.21. The number of benzene rings is 1. The van der Waals surface area contributed by atoms with Crippen molar-refractivity contribution in [3.05, 3.63) is 60.4 Å². The molecule has 160 valence electrons. The predicted molar refractivity (Wildman–Crippen MR) is 120 cm³/mol. The number of likely N-dealkylation sites (N-methyl/N-ethyl adjacent to an activating group) is 1. The molecule has 0 N–H and O–H groups in total. The van der Waals surface area contributed by atoms with Gasteiger partial charge in [0.15, 0.2) is 0 Å². The molecule has 2 saturated heterocycles. The molecule has 2 fully saturated rings. The van der Waals surface area contributed by atoms with Crippen LogP contribution in [0.2, 0.25) is 0 Å². The van der Waals surface area contributed by atoms with Crippen LogP contribution in [0, 0.1) is 0 Å². The van der Waals surface area contributed by atoms with E-state index in [0.717, 1.165) is 44.0 Å². The maximum atomic E-state index is 13.1. The second-order valence-electron chi connectivity index (χ2n) is 8.53. The molecule has 2 aliphatic heterocycles. The van der Waals surface area contributed by atoms with Crippen LogP contribution in [0.4, 0.5) is 5.69 Å². The van der Waals surface area contributed by atoms with Crippen molar-refractivity contribution in [2.24, 2.45) is 0 Å². The van der Waals surface area contributed by atoms with E-state index in [0.29, 0.717) is 19.1 Å². The Kier molecular flexibility index (Phi) is 6.97. The van der Waals surface area contributed by atoms with Crippen LogP contribution in [0.5, 0.6) is 0 Å². The smallest absolute Gasteiger partial charge is 0.242 e. The highest BCUT2D eigenvalue weighted by Crippen LogP contribution is 2.19. The number of anilines is 1. The average molecular weight is 408 g/mol. The molecule has 1 aromatic carbocycles. The van der Waals surface area contributed by atoms with Crippen molar-refractivity contribution in [2.75, 3.05) is 57.8 Å². The first-order valence-electron chi connectivity index (χ1n) is 11.1. The van der Waals surface area contributed by atoms with Gasteiger partial charge in [-0.3, -0.25) is 14.7 Å². The quantitative estimate of drug-likeness (QED) is 0.735. The van der Waals surface area contributed by atoms with Gasteiger partial charge in [0.05, 0.1) is 6.54 Å². The first kappa shape index (κ1) is 20.8. The molecule has 1 unspecified atom stereocenters. The van der Waals surface area contributed by atoms with Gasteiger partial charge in [-0.05, 0) is 50.2 Å². The molecule has 3 heterocycles. The minimum atomic E-state index is 0.211. The largest absolute Gasteiger partial charge is 0.358 e. The van der Waals surface area contributed by atoms with Crippen molar-refractivity contribution in [2.45, 2.75) is 25.4 Å². The Morgan fingerprint density at radius 1 is 1.07 bits per heavy atom. The van der Waals surface area contributed by atoms with E-state index in [4.69, 9.17) is 0 Å². The summed E-state index contributed by atoms with van der Waals surface area (Å²) in [6, 6.07) is 14.9. The van der Waals surface area contributed by atoms with Crippen molar-refractivity contribution >= 4 is 11.6 Å². The fourth-order valence-corrected chi connectivity index (χ4v) is 4.63. The van der Waals surface area contributed by atoms with Crippen LogP contribution in [0.3, 0.4) is 0 Å². The normalized spacial score (nSPS) is 20.8. The third-order valence-electron chi connectivity index (χ3n) is 6.33. The molecular weight excluding hydrogens is 374 g/mol. The second kappa shape index (κ2) is 10.0. The van der Waals surface area contributed by atoms with Crippen LogP contribution < -0.4 is 4.90 Å². The number of hydrogen-bond acceptors (Lipinski definition) is 5.